The van der Waals surface area contributed by atoms with Crippen LogP contribution in [0.3, 0.4) is 0 Å². The first-order valence-electron chi connectivity index (χ1n) is 4.79. The lowest BCUT2D eigenvalue weighted by atomic mass is 10.4. The van der Waals surface area contributed by atoms with Crippen LogP contribution in [0.2, 0.25) is 0 Å². The summed E-state index contributed by atoms with van der Waals surface area (Å²) >= 11 is 0. The smallest absolute Gasteiger partial charge is 0.305 e. The van der Waals surface area contributed by atoms with E-state index in [-0.39, 0.29) is 43.8 Å². The molecule has 0 saturated carbocycles. The van der Waals surface area contributed by atoms with Crippen molar-refractivity contribution in [1.82, 2.24) is 5.06 Å². The molecular formula is C9H13NO5. The van der Waals surface area contributed by atoms with Crippen molar-refractivity contribution in [3.05, 3.63) is 0 Å². The topological polar surface area (TPSA) is 72.9 Å². The van der Waals surface area contributed by atoms with Gasteiger partial charge in [0.05, 0.1) is 0 Å². The highest BCUT2D eigenvalue weighted by atomic mass is 16.7. The number of rotatable bonds is 5. The lowest BCUT2D eigenvalue weighted by Crippen LogP contribution is -2.30. The molecule has 0 aromatic carbocycles. The third-order valence-corrected chi connectivity index (χ3v) is 1.86. The van der Waals surface area contributed by atoms with E-state index in [2.05, 4.69) is 0 Å². The predicted octanol–water partition coefficient (Wildman–Crippen LogP) is 0.0202. The van der Waals surface area contributed by atoms with Gasteiger partial charge in [-0.15, -0.1) is 0 Å². The van der Waals surface area contributed by atoms with Crippen molar-refractivity contribution in [2.24, 2.45) is 0 Å². The second-order valence-corrected chi connectivity index (χ2v) is 2.99. The molecular weight excluding hydrogens is 202 g/mol. The second kappa shape index (κ2) is 5.45. The molecule has 0 N–H and O–H groups in total. The van der Waals surface area contributed by atoms with Crippen LogP contribution in [0.1, 0.15) is 26.2 Å². The molecule has 6 nitrogen and oxygen atoms in total. The van der Waals surface area contributed by atoms with Crippen LogP contribution in [0.15, 0.2) is 0 Å². The zero-order valence-electron chi connectivity index (χ0n) is 8.52. The van der Waals surface area contributed by atoms with Gasteiger partial charge in [-0.1, -0.05) is 6.92 Å². The molecule has 84 valence electrons. The summed E-state index contributed by atoms with van der Waals surface area (Å²) in [5.41, 5.74) is 0. The van der Waals surface area contributed by atoms with Gasteiger partial charge in [-0.25, -0.2) is 0 Å². The molecule has 6 heteroatoms. The third kappa shape index (κ3) is 3.32. The van der Waals surface area contributed by atoms with Crippen molar-refractivity contribution < 1.29 is 24.0 Å². The van der Waals surface area contributed by atoms with Crippen LogP contribution in [-0.2, 0) is 24.0 Å². The summed E-state index contributed by atoms with van der Waals surface area (Å²) in [4.78, 5) is 37.7. The van der Waals surface area contributed by atoms with Crippen LogP contribution in [-0.4, -0.2) is 36.1 Å². The second-order valence-electron chi connectivity index (χ2n) is 2.99. The zero-order valence-corrected chi connectivity index (χ0v) is 8.52. The maximum atomic E-state index is 11.0. The molecule has 1 heterocycles. The van der Waals surface area contributed by atoms with Crippen molar-refractivity contribution in [1.29, 1.82) is 0 Å². The number of carbonyl (C=O) groups is 3. The van der Waals surface area contributed by atoms with E-state index in [1.807, 2.05) is 0 Å². The summed E-state index contributed by atoms with van der Waals surface area (Å²) in [6, 6.07) is 0. The number of nitrogens with zero attached hydrogens (tertiary/aromatic N) is 1. The van der Waals surface area contributed by atoms with E-state index in [9.17, 15) is 14.4 Å². The average molecular weight is 215 g/mol. The van der Waals surface area contributed by atoms with Crippen molar-refractivity contribution >= 4 is 17.8 Å². The highest BCUT2D eigenvalue weighted by molar-refractivity contribution is 6.00. The molecule has 15 heavy (non-hydrogen) atoms. The minimum Gasteiger partial charge on any atom is -0.463 e. The minimum absolute atomic E-state index is 0.0171. The Morgan fingerprint density at radius 2 is 1.87 bits per heavy atom. The number of hydroxylamine groups is 2. The maximum Gasteiger partial charge on any atom is 0.305 e. The number of ether oxygens (including phenoxy) is 1. The SMILES string of the molecule is CCC(=O)OCCON1C(=O)CCC1=O. The van der Waals surface area contributed by atoms with E-state index in [0.717, 1.165) is 5.06 Å². The number of esters is 1. The lowest BCUT2D eigenvalue weighted by molar-refractivity contribution is -0.191. The molecule has 0 radical (unpaired) electrons. The molecule has 1 rings (SSSR count). The lowest BCUT2D eigenvalue weighted by Gasteiger charge is -2.12. The highest BCUT2D eigenvalue weighted by Gasteiger charge is 2.29. The average Bonchev–Trinajstić information content (AvgIpc) is 2.54. The number of hydrogen-bond donors (Lipinski definition) is 0. The van der Waals surface area contributed by atoms with Crippen molar-refractivity contribution in [3.63, 3.8) is 0 Å². The maximum absolute atomic E-state index is 11.0. The number of amides is 2. The van der Waals surface area contributed by atoms with Crippen molar-refractivity contribution in [2.45, 2.75) is 26.2 Å². The molecule has 0 unspecified atom stereocenters. The van der Waals surface area contributed by atoms with Gasteiger partial charge in [0.15, 0.2) is 0 Å². The Morgan fingerprint density at radius 1 is 1.27 bits per heavy atom. The molecule has 0 aromatic heterocycles. The van der Waals surface area contributed by atoms with E-state index >= 15 is 0 Å². The Bertz CT molecular complexity index is 260. The minimum atomic E-state index is -0.346. The van der Waals surface area contributed by atoms with Gasteiger partial charge < -0.3 is 4.74 Å². The van der Waals surface area contributed by atoms with Crippen LogP contribution in [0.4, 0.5) is 0 Å². The third-order valence-electron chi connectivity index (χ3n) is 1.86. The van der Waals surface area contributed by atoms with E-state index < -0.39 is 0 Å². The summed E-state index contributed by atoms with van der Waals surface area (Å²) in [6.07, 6.45) is 0.669. The molecule has 0 atom stereocenters. The molecule has 1 aliphatic rings. The van der Waals surface area contributed by atoms with Gasteiger partial charge in [0.1, 0.15) is 13.2 Å². The first kappa shape index (κ1) is 11.6. The van der Waals surface area contributed by atoms with E-state index in [1.165, 1.54) is 0 Å². The Balaban J connectivity index is 2.17. The van der Waals surface area contributed by atoms with Gasteiger partial charge in [0, 0.05) is 19.3 Å². The number of carbonyl (C=O) groups excluding carboxylic acids is 3. The van der Waals surface area contributed by atoms with Crippen molar-refractivity contribution in [2.75, 3.05) is 13.2 Å². The summed E-state index contributed by atoms with van der Waals surface area (Å²) in [7, 11) is 0. The van der Waals surface area contributed by atoms with Crippen molar-refractivity contribution in [3.8, 4) is 0 Å². The summed E-state index contributed by atoms with van der Waals surface area (Å²) in [5.74, 6) is -1.03. The van der Waals surface area contributed by atoms with Crippen LogP contribution in [0.5, 0.6) is 0 Å². The predicted molar refractivity (Wildman–Crippen MR) is 48.3 cm³/mol. The summed E-state index contributed by atoms with van der Waals surface area (Å²) in [6.45, 7) is 1.74. The fraction of sp³-hybridized carbons (Fsp3) is 0.667. The van der Waals surface area contributed by atoms with Crippen LogP contribution in [0, 0.1) is 0 Å². The Hall–Kier alpha value is -1.43. The molecule has 0 bridgehead atoms. The van der Waals surface area contributed by atoms with Gasteiger partial charge >= 0.3 is 5.97 Å². The molecule has 2 amide bonds. The zero-order chi connectivity index (χ0) is 11.3. The molecule has 1 saturated heterocycles. The number of hydrogen-bond acceptors (Lipinski definition) is 5. The van der Waals surface area contributed by atoms with Gasteiger partial charge in [-0.3, -0.25) is 19.2 Å². The monoisotopic (exact) mass is 215 g/mol. The summed E-state index contributed by atoms with van der Waals surface area (Å²) < 4.78 is 4.71. The van der Waals surface area contributed by atoms with E-state index in [0.29, 0.717) is 6.42 Å². The van der Waals surface area contributed by atoms with Crippen LogP contribution < -0.4 is 0 Å². The van der Waals surface area contributed by atoms with Gasteiger partial charge in [0.25, 0.3) is 11.8 Å². The summed E-state index contributed by atoms with van der Waals surface area (Å²) in [5, 5.41) is 0.736. The molecule has 0 spiro atoms. The van der Waals surface area contributed by atoms with E-state index in [1.54, 1.807) is 6.92 Å². The van der Waals surface area contributed by atoms with Crippen LogP contribution in [0.25, 0.3) is 0 Å². The van der Waals surface area contributed by atoms with Gasteiger partial charge in [0.2, 0.25) is 0 Å². The quantitative estimate of drug-likeness (QED) is 0.367. The standard InChI is InChI=1S/C9H13NO5/c1-2-9(13)14-5-6-15-10-7(11)3-4-8(10)12/h2-6H2,1H3. The normalized spacial score (nSPS) is 15.9. The van der Waals surface area contributed by atoms with Gasteiger partial charge in [-0.05, 0) is 0 Å². The Morgan fingerprint density at radius 3 is 2.40 bits per heavy atom. The molecule has 1 fully saturated rings. The first-order valence-corrected chi connectivity index (χ1v) is 4.79. The first-order chi connectivity index (χ1) is 7.15. The number of imide groups is 1. The molecule has 0 aromatic rings. The fourth-order valence-corrected chi connectivity index (χ4v) is 1.09. The Kier molecular flexibility index (Phi) is 4.23. The largest absolute Gasteiger partial charge is 0.463 e. The van der Waals surface area contributed by atoms with E-state index in [4.69, 9.17) is 9.57 Å². The van der Waals surface area contributed by atoms with Crippen LogP contribution >= 0.6 is 0 Å². The molecule has 0 aliphatic carbocycles. The Labute approximate surface area is 87.1 Å². The van der Waals surface area contributed by atoms with Gasteiger partial charge in [-0.2, -0.15) is 5.06 Å². The fourth-order valence-electron chi connectivity index (χ4n) is 1.09. The molecule has 1 aliphatic heterocycles. The highest BCUT2D eigenvalue weighted by Crippen LogP contribution is 2.11.